The number of esters is 1. The normalized spacial score (nSPS) is 11.0. The molecule has 0 spiro atoms. The molecule has 3 rings (SSSR count). The standard InChI is InChI=1S/C17H10BrF4N3O3.ClH/c1-27-13-5-9-12(6-14(13)28-16(26)17(20,21)22)23-7-24-15(9)25-11-3-2-8(18)4-10(11)19;/h2-7H,1H3,(H,23,24,25);1H. The minimum absolute atomic E-state index is 0. The minimum atomic E-state index is -5.17. The van der Waals surface area contributed by atoms with E-state index in [1.807, 2.05) is 0 Å². The van der Waals surface area contributed by atoms with Crippen LogP contribution in [0.25, 0.3) is 10.9 Å². The predicted molar refractivity (Wildman–Crippen MR) is 102 cm³/mol. The van der Waals surface area contributed by atoms with Crippen LogP contribution in [-0.2, 0) is 4.79 Å². The first-order chi connectivity index (χ1) is 13.2. The number of hydrogen-bond acceptors (Lipinski definition) is 6. The quantitative estimate of drug-likeness (QED) is 0.305. The van der Waals surface area contributed by atoms with Crippen molar-refractivity contribution in [2.45, 2.75) is 6.18 Å². The van der Waals surface area contributed by atoms with Gasteiger partial charge in [-0.1, -0.05) is 15.9 Å². The average molecular weight is 497 g/mol. The van der Waals surface area contributed by atoms with E-state index in [4.69, 9.17) is 4.74 Å². The van der Waals surface area contributed by atoms with E-state index in [0.29, 0.717) is 9.86 Å². The number of alkyl halides is 3. The first-order valence-corrected chi connectivity index (χ1v) is 8.32. The molecule has 0 amide bonds. The number of halogens is 6. The summed E-state index contributed by atoms with van der Waals surface area (Å²) in [5, 5.41) is 3.10. The van der Waals surface area contributed by atoms with Crippen molar-refractivity contribution in [3.63, 3.8) is 0 Å². The summed E-state index contributed by atoms with van der Waals surface area (Å²) >= 11 is 3.15. The van der Waals surface area contributed by atoms with Gasteiger partial charge in [0.15, 0.2) is 11.5 Å². The summed E-state index contributed by atoms with van der Waals surface area (Å²) in [6, 6.07) is 6.73. The summed E-state index contributed by atoms with van der Waals surface area (Å²) < 4.78 is 61.4. The zero-order valence-corrected chi connectivity index (χ0v) is 16.8. The molecule has 1 aromatic heterocycles. The van der Waals surface area contributed by atoms with E-state index < -0.39 is 23.7 Å². The Morgan fingerprint density at radius 1 is 1.14 bits per heavy atom. The van der Waals surface area contributed by atoms with Gasteiger partial charge in [-0.15, -0.1) is 12.4 Å². The fourth-order valence-electron chi connectivity index (χ4n) is 2.28. The van der Waals surface area contributed by atoms with Crippen LogP contribution in [-0.4, -0.2) is 29.2 Å². The third-order valence-electron chi connectivity index (χ3n) is 3.54. The van der Waals surface area contributed by atoms with Crippen LogP contribution >= 0.6 is 28.3 Å². The Morgan fingerprint density at radius 2 is 1.86 bits per heavy atom. The van der Waals surface area contributed by atoms with Crippen molar-refractivity contribution in [3.8, 4) is 11.5 Å². The van der Waals surface area contributed by atoms with Crippen molar-refractivity contribution < 1.29 is 31.8 Å². The number of nitrogens with one attached hydrogen (secondary N) is 1. The lowest BCUT2D eigenvalue weighted by atomic mass is 10.2. The molecule has 154 valence electrons. The number of carbonyl (C=O) groups is 1. The van der Waals surface area contributed by atoms with Crippen LogP contribution < -0.4 is 14.8 Å². The second-order valence-electron chi connectivity index (χ2n) is 5.38. The van der Waals surface area contributed by atoms with Gasteiger partial charge in [0.1, 0.15) is 18.0 Å². The van der Waals surface area contributed by atoms with Crippen molar-refractivity contribution in [2.24, 2.45) is 0 Å². The highest BCUT2D eigenvalue weighted by Crippen LogP contribution is 2.36. The molecule has 1 heterocycles. The van der Waals surface area contributed by atoms with Gasteiger partial charge in [-0.25, -0.2) is 19.2 Å². The van der Waals surface area contributed by atoms with E-state index in [2.05, 4.69) is 36.0 Å². The Kier molecular flexibility index (Phi) is 6.85. The lowest BCUT2D eigenvalue weighted by molar-refractivity contribution is -0.189. The number of nitrogens with zero attached hydrogens (tertiary/aromatic N) is 2. The van der Waals surface area contributed by atoms with E-state index in [1.54, 1.807) is 6.07 Å². The number of anilines is 2. The number of methoxy groups -OCH3 is 1. The predicted octanol–water partition coefficient (Wildman–Crippen LogP) is 5.17. The maximum atomic E-state index is 14.1. The zero-order valence-electron chi connectivity index (χ0n) is 14.4. The van der Waals surface area contributed by atoms with E-state index in [1.165, 1.54) is 25.3 Å². The molecule has 0 aliphatic carbocycles. The number of carbonyl (C=O) groups excluding carboxylic acids is 1. The van der Waals surface area contributed by atoms with Gasteiger partial charge in [0, 0.05) is 15.9 Å². The Labute approximate surface area is 175 Å². The lowest BCUT2D eigenvalue weighted by Gasteiger charge is -2.14. The largest absolute Gasteiger partial charge is 0.493 e. The van der Waals surface area contributed by atoms with Crippen LogP contribution in [0.1, 0.15) is 0 Å². The van der Waals surface area contributed by atoms with Crippen LogP contribution in [0.4, 0.5) is 29.1 Å². The maximum absolute atomic E-state index is 14.1. The van der Waals surface area contributed by atoms with Crippen LogP contribution in [0, 0.1) is 5.82 Å². The summed E-state index contributed by atoms with van der Waals surface area (Å²) in [7, 11) is 1.19. The smallest absolute Gasteiger partial charge is 0.491 e. The fraction of sp³-hybridized carbons (Fsp3) is 0.118. The van der Waals surface area contributed by atoms with Crippen LogP contribution in [0.5, 0.6) is 11.5 Å². The van der Waals surface area contributed by atoms with Crippen LogP contribution in [0.2, 0.25) is 0 Å². The summed E-state index contributed by atoms with van der Waals surface area (Å²) in [4.78, 5) is 19.1. The second-order valence-corrected chi connectivity index (χ2v) is 6.29. The topological polar surface area (TPSA) is 73.3 Å². The van der Waals surface area contributed by atoms with E-state index in [0.717, 1.165) is 12.4 Å². The SMILES string of the molecule is COc1cc2c(Nc3ccc(Br)cc3F)ncnc2cc1OC(=O)C(F)(F)F.Cl. The Balaban J connectivity index is 0.00000300. The molecule has 2 aromatic carbocycles. The molecular weight excluding hydrogens is 486 g/mol. The zero-order chi connectivity index (χ0) is 20.5. The summed E-state index contributed by atoms with van der Waals surface area (Å²) in [6.45, 7) is 0. The summed E-state index contributed by atoms with van der Waals surface area (Å²) in [5.41, 5.74) is 0.274. The third kappa shape index (κ3) is 5.04. The van der Waals surface area contributed by atoms with Crippen LogP contribution in [0.3, 0.4) is 0 Å². The summed E-state index contributed by atoms with van der Waals surface area (Å²) in [6.07, 6.45) is -4.04. The highest BCUT2D eigenvalue weighted by atomic mass is 79.9. The highest BCUT2D eigenvalue weighted by molar-refractivity contribution is 9.10. The molecule has 0 radical (unpaired) electrons. The van der Waals surface area contributed by atoms with E-state index >= 15 is 0 Å². The molecule has 0 unspecified atom stereocenters. The third-order valence-corrected chi connectivity index (χ3v) is 4.03. The first-order valence-electron chi connectivity index (χ1n) is 7.53. The number of hydrogen-bond donors (Lipinski definition) is 1. The molecule has 12 heteroatoms. The Bertz CT molecular complexity index is 1070. The van der Waals surface area contributed by atoms with Crippen LogP contribution in [0.15, 0.2) is 41.1 Å². The molecule has 6 nitrogen and oxygen atoms in total. The number of benzene rings is 2. The molecule has 29 heavy (non-hydrogen) atoms. The second kappa shape index (κ2) is 8.78. The number of aromatic nitrogens is 2. The van der Waals surface area contributed by atoms with Crippen molar-refractivity contribution >= 4 is 56.7 Å². The van der Waals surface area contributed by atoms with Gasteiger partial charge in [0.25, 0.3) is 0 Å². The molecule has 0 saturated carbocycles. The van der Waals surface area contributed by atoms with Crippen molar-refractivity contribution in [2.75, 3.05) is 12.4 Å². The lowest BCUT2D eigenvalue weighted by Crippen LogP contribution is -2.28. The number of ether oxygens (including phenoxy) is 2. The molecule has 3 aromatic rings. The highest BCUT2D eigenvalue weighted by Gasteiger charge is 2.41. The first kappa shape index (κ1) is 22.6. The van der Waals surface area contributed by atoms with Gasteiger partial charge < -0.3 is 14.8 Å². The van der Waals surface area contributed by atoms with Gasteiger partial charge in [-0.3, -0.25) is 0 Å². The van der Waals surface area contributed by atoms with Gasteiger partial charge >= 0.3 is 12.1 Å². The molecular formula is C17H11BrClF4N3O3. The van der Waals surface area contributed by atoms with Gasteiger partial charge in [0.2, 0.25) is 0 Å². The van der Waals surface area contributed by atoms with Gasteiger partial charge in [-0.05, 0) is 24.3 Å². The van der Waals surface area contributed by atoms with Crippen molar-refractivity contribution in [1.29, 1.82) is 0 Å². The Morgan fingerprint density at radius 3 is 2.48 bits per heavy atom. The molecule has 0 aliphatic rings. The van der Waals surface area contributed by atoms with E-state index in [-0.39, 0.29) is 35.2 Å². The van der Waals surface area contributed by atoms with E-state index in [9.17, 15) is 22.4 Å². The number of rotatable bonds is 4. The molecule has 0 atom stereocenters. The van der Waals surface area contributed by atoms with Gasteiger partial charge in [0.05, 0.1) is 18.3 Å². The fourth-order valence-corrected chi connectivity index (χ4v) is 2.61. The minimum Gasteiger partial charge on any atom is -0.493 e. The van der Waals surface area contributed by atoms with Crippen molar-refractivity contribution in [1.82, 2.24) is 9.97 Å². The summed E-state index contributed by atoms with van der Waals surface area (Å²) in [5.74, 6) is -3.38. The Hall–Kier alpha value is -2.66. The van der Waals surface area contributed by atoms with Gasteiger partial charge in [-0.2, -0.15) is 13.2 Å². The number of fused-ring (bicyclic) bond motifs is 1. The molecule has 1 N–H and O–H groups in total. The molecule has 0 saturated heterocycles. The molecule has 0 aliphatic heterocycles. The monoisotopic (exact) mass is 495 g/mol. The van der Waals surface area contributed by atoms with Crippen molar-refractivity contribution in [3.05, 3.63) is 46.9 Å². The molecule has 0 fully saturated rings. The maximum Gasteiger partial charge on any atom is 0.491 e. The average Bonchev–Trinajstić information content (AvgIpc) is 2.62. The molecule has 0 bridgehead atoms.